The normalized spacial score (nSPS) is 19.8. The van der Waals surface area contributed by atoms with Gasteiger partial charge in [0.25, 0.3) is 0 Å². The Labute approximate surface area is 117 Å². The molecule has 106 valence electrons. The number of thiazole rings is 1. The number of nitrogens with zero attached hydrogens (tertiary/aromatic N) is 2. The van der Waals surface area contributed by atoms with Gasteiger partial charge in [-0.15, -0.1) is 11.3 Å². The van der Waals surface area contributed by atoms with Crippen molar-refractivity contribution in [2.45, 2.75) is 38.6 Å². The van der Waals surface area contributed by atoms with Crippen LogP contribution in [0.5, 0.6) is 0 Å². The number of hydrogen-bond donors (Lipinski definition) is 2. The Morgan fingerprint density at radius 1 is 1.68 bits per heavy atom. The fourth-order valence-electron chi connectivity index (χ4n) is 2.51. The average molecular weight is 283 g/mol. The van der Waals surface area contributed by atoms with E-state index in [1.54, 1.807) is 0 Å². The van der Waals surface area contributed by atoms with Crippen molar-refractivity contribution in [3.05, 3.63) is 11.1 Å². The number of aliphatic hydroxyl groups is 1. The quantitative estimate of drug-likeness (QED) is 0.833. The van der Waals surface area contributed by atoms with Crippen LogP contribution in [0.4, 0.5) is 5.13 Å². The van der Waals surface area contributed by atoms with E-state index in [9.17, 15) is 4.79 Å². The maximum absolute atomic E-state index is 12.0. The van der Waals surface area contributed by atoms with E-state index in [1.807, 2.05) is 12.3 Å². The number of aromatic nitrogens is 1. The fourth-order valence-corrected chi connectivity index (χ4v) is 3.22. The second-order valence-corrected chi connectivity index (χ2v) is 5.83. The van der Waals surface area contributed by atoms with E-state index in [-0.39, 0.29) is 12.5 Å². The number of carbonyl (C=O) groups excluding carboxylic acids is 1. The van der Waals surface area contributed by atoms with Crippen LogP contribution >= 0.6 is 11.3 Å². The summed E-state index contributed by atoms with van der Waals surface area (Å²) in [6, 6.07) is 0.441. The van der Waals surface area contributed by atoms with Gasteiger partial charge in [0.1, 0.15) is 0 Å². The highest BCUT2D eigenvalue weighted by Gasteiger charge is 2.25. The van der Waals surface area contributed by atoms with Crippen LogP contribution in [0.3, 0.4) is 0 Å². The molecule has 1 aliphatic rings. The molecule has 1 unspecified atom stereocenters. The Kier molecular flexibility index (Phi) is 5.30. The SMILES string of the molecule is Cc1csc(NC(=O)CN2CCCC2CCCO)n1. The van der Waals surface area contributed by atoms with Gasteiger partial charge in [-0.1, -0.05) is 0 Å². The number of amides is 1. The molecule has 5 nitrogen and oxygen atoms in total. The van der Waals surface area contributed by atoms with Gasteiger partial charge in [0.05, 0.1) is 12.2 Å². The lowest BCUT2D eigenvalue weighted by Crippen LogP contribution is -2.36. The first kappa shape index (κ1) is 14.4. The molecule has 1 aliphatic heterocycles. The van der Waals surface area contributed by atoms with Crippen LogP contribution in [0, 0.1) is 6.92 Å². The van der Waals surface area contributed by atoms with Gasteiger partial charge in [0.15, 0.2) is 5.13 Å². The molecule has 1 amide bonds. The van der Waals surface area contributed by atoms with Gasteiger partial charge in [-0.2, -0.15) is 0 Å². The molecule has 0 aromatic carbocycles. The zero-order chi connectivity index (χ0) is 13.7. The summed E-state index contributed by atoms with van der Waals surface area (Å²) >= 11 is 1.46. The highest BCUT2D eigenvalue weighted by atomic mass is 32.1. The van der Waals surface area contributed by atoms with Gasteiger partial charge in [-0.05, 0) is 39.2 Å². The molecule has 2 rings (SSSR count). The summed E-state index contributed by atoms with van der Waals surface area (Å²) in [5, 5.41) is 14.3. The van der Waals surface area contributed by atoms with Crippen molar-refractivity contribution >= 4 is 22.4 Å². The zero-order valence-electron chi connectivity index (χ0n) is 11.3. The molecule has 1 atom stereocenters. The van der Waals surface area contributed by atoms with Gasteiger partial charge in [0.2, 0.25) is 5.91 Å². The van der Waals surface area contributed by atoms with Crippen molar-refractivity contribution in [3.63, 3.8) is 0 Å². The van der Waals surface area contributed by atoms with E-state index >= 15 is 0 Å². The van der Waals surface area contributed by atoms with Crippen LogP contribution in [0.25, 0.3) is 0 Å². The predicted octanol–water partition coefficient (Wildman–Crippen LogP) is 1.63. The third-order valence-corrected chi connectivity index (χ3v) is 4.28. The summed E-state index contributed by atoms with van der Waals surface area (Å²) in [6.45, 7) is 3.54. The summed E-state index contributed by atoms with van der Waals surface area (Å²) in [5.41, 5.74) is 0.933. The van der Waals surface area contributed by atoms with E-state index in [2.05, 4.69) is 15.2 Å². The number of hydrogen-bond acceptors (Lipinski definition) is 5. The van der Waals surface area contributed by atoms with Crippen LogP contribution < -0.4 is 5.32 Å². The number of nitrogens with one attached hydrogen (secondary N) is 1. The predicted molar refractivity (Wildman–Crippen MR) is 76.4 cm³/mol. The van der Waals surface area contributed by atoms with Crippen molar-refractivity contribution in [3.8, 4) is 0 Å². The standard InChI is InChI=1S/C13H21N3O2S/c1-10-9-19-13(14-10)15-12(18)8-16-6-2-4-11(16)5-3-7-17/h9,11,17H,2-8H2,1H3,(H,14,15,18). The first-order valence-electron chi connectivity index (χ1n) is 6.76. The van der Waals surface area contributed by atoms with Crippen LogP contribution in [-0.4, -0.2) is 46.6 Å². The molecule has 1 aromatic rings. The monoisotopic (exact) mass is 283 g/mol. The van der Waals surface area contributed by atoms with Crippen molar-refractivity contribution in [1.82, 2.24) is 9.88 Å². The van der Waals surface area contributed by atoms with Crippen LogP contribution in [0.15, 0.2) is 5.38 Å². The zero-order valence-corrected chi connectivity index (χ0v) is 12.1. The first-order valence-corrected chi connectivity index (χ1v) is 7.64. The fraction of sp³-hybridized carbons (Fsp3) is 0.692. The summed E-state index contributed by atoms with van der Waals surface area (Å²) in [5.74, 6) is 0.00486. The smallest absolute Gasteiger partial charge is 0.240 e. The molecule has 1 saturated heterocycles. The average Bonchev–Trinajstić information content (AvgIpc) is 2.96. The van der Waals surface area contributed by atoms with Crippen molar-refractivity contribution in [1.29, 1.82) is 0 Å². The number of aryl methyl sites for hydroxylation is 1. The number of rotatable bonds is 6. The van der Waals surface area contributed by atoms with Crippen molar-refractivity contribution < 1.29 is 9.90 Å². The molecule has 0 bridgehead atoms. The molecule has 2 N–H and O–H groups in total. The summed E-state index contributed by atoms with van der Waals surface area (Å²) in [6.07, 6.45) is 4.05. The molecule has 6 heteroatoms. The molecule has 2 heterocycles. The van der Waals surface area contributed by atoms with Crippen molar-refractivity contribution in [2.75, 3.05) is 25.0 Å². The summed E-state index contributed by atoms with van der Waals surface area (Å²) in [4.78, 5) is 18.4. The second-order valence-electron chi connectivity index (χ2n) is 4.97. The Bertz CT molecular complexity index is 422. The van der Waals surface area contributed by atoms with Gasteiger partial charge < -0.3 is 10.4 Å². The molecule has 0 aliphatic carbocycles. The number of aliphatic hydroxyl groups excluding tert-OH is 1. The lowest BCUT2D eigenvalue weighted by molar-refractivity contribution is -0.117. The van der Waals surface area contributed by atoms with E-state index in [0.717, 1.165) is 37.9 Å². The minimum Gasteiger partial charge on any atom is -0.396 e. The minimum absolute atomic E-state index is 0.00486. The maximum atomic E-state index is 12.0. The van der Waals surface area contributed by atoms with E-state index < -0.39 is 0 Å². The molecular formula is C13H21N3O2S. The van der Waals surface area contributed by atoms with Crippen LogP contribution in [0.1, 0.15) is 31.4 Å². The molecule has 1 aromatic heterocycles. The lowest BCUT2D eigenvalue weighted by atomic mass is 10.1. The minimum atomic E-state index is 0.00486. The molecular weight excluding hydrogens is 262 g/mol. The summed E-state index contributed by atoms with van der Waals surface area (Å²) in [7, 11) is 0. The first-order chi connectivity index (χ1) is 9.19. The van der Waals surface area contributed by atoms with Crippen molar-refractivity contribution in [2.24, 2.45) is 0 Å². The topological polar surface area (TPSA) is 65.5 Å². The molecule has 1 fully saturated rings. The largest absolute Gasteiger partial charge is 0.396 e. The molecule has 19 heavy (non-hydrogen) atoms. The Morgan fingerprint density at radius 3 is 3.21 bits per heavy atom. The number of carbonyl (C=O) groups is 1. The Balaban J connectivity index is 1.80. The van der Waals surface area contributed by atoms with E-state index in [0.29, 0.717) is 17.7 Å². The molecule has 0 saturated carbocycles. The van der Waals surface area contributed by atoms with E-state index in [1.165, 1.54) is 11.3 Å². The maximum Gasteiger partial charge on any atom is 0.240 e. The number of anilines is 1. The molecule has 0 spiro atoms. The molecule has 0 radical (unpaired) electrons. The third-order valence-electron chi connectivity index (χ3n) is 3.41. The van der Waals surface area contributed by atoms with Gasteiger partial charge in [0, 0.05) is 18.0 Å². The van der Waals surface area contributed by atoms with Gasteiger partial charge in [-0.25, -0.2) is 4.98 Å². The Hall–Kier alpha value is -0.980. The lowest BCUT2D eigenvalue weighted by Gasteiger charge is -2.23. The van der Waals surface area contributed by atoms with Crippen LogP contribution in [-0.2, 0) is 4.79 Å². The van der Waals surface area contributed by atoms with Gasteiger partial charge in [-0.3, -0.25) is 9.69 Å². The summed E-state index contributed by atoms with van der Waals surface area (Å²) < 4.78 is 0. The second kappa shape index (κ2) is 6.98. The highest BCUT2D eigenvalue weighted by Crippen LogP contribution is 2.21. The third kappa shape index (κ3) is 4.26. The van der Waals surface area contributed by atoms with E-state index in [4.69, 9.17) is 5.11 Å². The van der Waals surface area contributed by atoms with Crippen LogP contribution in [0.2, 0.25) is 0 Å². The highest BCUT2D eigenvalue weighted by molar-refractivity contribution is 7.13. The number of likely N-dealkylation sites (tertiary alicyclic amines) is 1. The Morgan fingerprint density at radius 2 is 2.53 bits per heavy atom. The van der Waals surface area contributed by atoms with Gasteiger partial charge >= 0.3 is 0 Å².